The minimum absolute atomic E-state index is 0.0188. The summed E-state index contributed by atoms with van der Waals surface area (Å²) in [5, 5.41) is 0. The first-order chi connectivity index (χ1) is 16.1. The van der Waals surface area contributed by atoms with Gasteiger partial charge in [-0.15, -0.1) is 0 Å². The maximum atomic E-state index is 13.2. The second kappa shape index (κ2) is 9.88. The van der Waals surface area contributed by atoms with Gasteiger partial charge in [0.15, 0.2) is 0 Å². The Bertz CT molecular complexity index is 1150. The molecule has 0 bridgehead atoms. The molecule has 1 unspecified atom stereocenters. The van der Waals surface area contributed by atoms with E-state index in [2.05, 4.69) is 0 Å². The summed E-state index contributed by atoms with van der Waals surface area (Å²) in [4.78, 5) is 30.2. The number of amides is 2. The Labute approximate surface area is 202 Å². The van der Waals surface area contributed by atoms with Crippen molar-refractivity contribution in [1.29, 1.82) is 0 Å². The molecule has 34 heavy (non-hydrogen) atoms. The van der Waals surface area contributed by atoms with Crippen LogP contribution in [0.25, 0.3) is 0 Å². The molecule has 0 radical (unpaired) electrons. The molecule has 1 atom stereocenters. The van der Waals surface area contributed by atoms with Gasteiger partial charge in [0, 0.05) is 44.8 Å². The summed E-state index contributed by atoms with van der Waals surface area (Å²) in [5.74, 6) is -0.257. The van der Waals surface area contributed by atoms with Crippen molar-refractivity contribution in [3.05, 3.63) is 64.7 Å². The maximum absolute atomic E-state index is 13.2. The monoisotopic (exact) mass is 483 g/mol. The van der Waals surface area contributed by atoms with E-state index in [4.69, 9.17) is 0 Å². The molecule has 8 heteroatoms. The predicted molar refractivity (Wildman–Crippen MR) is 131 cm³/mol. The summed E-state index contributed by atoms with van der Waals surface area (Å²) < 4.78 is 27.4. The molecule has 0 saturated carbocycles. The van der Waals surface area contributed by atoms with Crippen molar-refractivity contribution < 1.29 is 18.0 Å². The van der Waals surface area contributed by atoms with Gasteiger partial charge in [-0.2, -0.15) is 4.31 Å². The highest BCUT2D eigenvalue weighted by Gasteiger charge is 2.35. The van der Waals surface area contributed by atoms with Gasteiger partial charge in [-0.05, 0) is 57.9 Å². The highest BCUT2D eigenvalue weighted by atomic mass is 32.2. The summed E-state index contributed by atoms with van der Waals surface area (Å²) >= 11 is 0. The lowest BCUT2D eigenvalue weighted by molar-refractivity contribution is -0.138. The van der Waals surface area contributed by atoms with Crippen molar-refractivity contribution in [2.24, 2.45) is 5.92 Å². The molecule has 182 valence electrons. The molecule has 2 amide bonds. The van der Waals surface area contributed by atoms with Gasteiger partial charge in [-0.25, -0.2) is 8.42 Å². The van der Waals surface area contributed by atoms with Crippen molar-refractivity contribution in [3.8, 4) is 0 Å². The van der Waals surface area contributed by atoms with Crippen molar-refractivity contribution in [2.45, 2.75) is 38.5 Å². The number of likely N-dealkylation sites (tertiary alicyclic amines) is 1. The number of carbonyl (C=O) groups is 2. The van der Waals surface area contributed by atoms with Gasteiger partial charge in [-0.1, -0.05) is 34.9 Å². The highest BCUT2D eigenvalue weighted by Crippen LogP contribution is 2.24. The number of carbonyl (C=O) groups excluding carboxylic acids is 2. The number of piperazine rings is 1. The Morgan fingerprint density at radius 1 is 0.794 bits per heavy atom. The number of sulfonamides is 1. The molecule has 0 spiro atoms. The SMILES string of the molecule is Cc1ccc(S(=O)(=O)N2CCN(C(=O)C3CCCN(C(=O)c4cc(C)cc(C)c4)C3)CC2)cc1. The highest BCUT2D eigenvalue weighted by molar-refractivity contribution is 7.89. The van der Waals surface area contributed by atoms with Gasteiger partial charge in [0.1, 0.15) is 0 Å². The van der Waals surface area contributed by atoms with Crippen molar-refractivity contribution in [2.75, 3.05) is 39.3 Å². The molecule has 0 aromatic heterocycles. The smallest absolute Gasteiger partial charge is 0.253 e. The van der Waals surface area contributed by atoms with E-state index in [9.17, 15) is 18.0 Å². The fraction of sp³-hybridized carbons (Fsp3) is 0.462. The summed E-state index contributed by atoms with van der Waals surface area (Å²) in [5.41, 5.74) is 3.77. The van der Waals surface area contributed by atoms with Crippen LogP contribution in [0.4, 0.5) is 0 Å². The molecular formula is C26H33N3O4S. The lowest BCUT2D eigenvalue weighted by atomic mass is 9.95. The van der Waals surface area contributed by atoms with Crippen LogP contribution in [0.1, 0.15) is 39.9 Å². The van der Waals surface area contributed by atoms with Crippen LogP contribution in [0.15, 0.2) is 47.4 Å². The first kappa shape index (κ1) is 24.4. The zero-order valence-electron chi connectivity index (χ0n) is 20.2. The fourth-order valence-electron chi connectivity index (χ4n) is 4.91. The number of rotatable bonds is 4. The van der Waals surface area contributed by atoms with Crippen molar-refractivity contribution in [1.82, 2.24) is 14.1 Å². The van der Waals surface area contributed by atoms with Crippen LogP contribution in [0.5, 0.6) is 0 Å². The Morgan fingerprint density at radius 3 is 2.03 bits per heavy atom. The fourth-order valence-corrected chi connectivity index (χ4v) is 6.33. The molecule has 0 aliphatic carbocycles. The number of aryl methyl sites for hydroxylation is 3. The van der Waals surface area contributed by atoms with E-state index in [0.29, 0.717) is 31.7 Å². The number of piperidine rings is 1. The summed E-state index contributed by atoms with van der Waals surface area (Å²) in [6, 6.07) is 12.7. The van der Waals surface area contributed by atoms with Crippen LogP contribution >= 0.6 is 0 Å². The molecule has 0 N–H and O–H groups in total. The van der Waals surface area contributed by atoms with E-state index >= 15 is 0 Å². The average molecular weight is 484 g/mol. The van der Waals surface area contributed by atoms with Crippen LogP contribution in [0.3, 0.4) is 0 Å². The number of benzene rings is 2. The van der Waals surface area contributed by atoms with Crippen LogP contribution in [0, 0.1) is 26.7 Å². The van der Waals surface area contributed by atoms with E-state index in [0.717, 1.165) is 29.5 Å². The second-order valence-electron chi connectivity index (χ2n) is 9.51. The maximum Gasteiger partial charge on any atom is 0.253 e. The van der Waals surface area contributed by atoms with Crippen molar-refractivity contribution >= 4 is 21.8 Å². The predicted octanol–water partition coefficient (Wildman–Crippen LogP) is 3.00. The minimum Gasteiger partial charge on any atom is -0.340 e. The van der Waals surface area contributed by atoms with Gasteiger partial charge in [0.05, 0.1) is 10.8 Å². The average Bonchev–Trinajstić information content (AvgIpc) is 2.83. The Hall–Kier alpha value is -2.71. The Morgan fingerprint density at radius 2 is 1.41 bits per heavy atom. The third-order valence-corrected chi connectivity index (χ3v) is 8.65. The zero-order chi connectivity index (χ0) is 24.5. The number of nitrogens with zero attached hydrogens (tertiary/aromatic N) is 3. The molecule has 7 nitrogen and oxygen atoms in total. The quantitative estimate of drug-likeness (QED) is 0.670. The second-order valence-corrected chi connectivity index (χ2v) is 11.4. The molecule has 2 aliphatic rings. The lowest BCUT2D eigenvalue weighted by Gasteiger charge is -2.38. The zero-order valence-corrected chi connectivity index (χ0v) is 21.0. The van der Waals surface area contributed by atoms with Gasteiger partial charge in [0.25, 0.3) is 5.91 Å². The molecule has 2 heterocycles. The van der Waals surface area contributed by atoms with Crippen LogP contribution in [-0.2, 0) is 14.8 Å². The van der Waals surface area contributed by atoms with Gasteiger partial charge in [0.2, 0.25) is 15.9 Å². The number of hydrogen-bond acceptors (Lipinski definition) is 4. The van der Waals surface area contributed by atoms with E-state index < -0.39 is 10.0 Å². The van der Waals surface area contributed by atoms with Crippen LogP contribution < -0.4 is 0 Å². The van der Waals surface area contributed by atoms with Gasteiger partial charge < -0.3 is 9.80 Å². The molecule has 2 fully saturated rings. The van der Waals surface area contributed by atoms with E-state index in [1.807, 2.05) is 39.0 Å². The lowest BCUT2D eigenvalue weighted by Crippen LogP contribution is -2.54. The first-order valence-electron chi connectivity index (χ1n) is 11.9. The standard InChI is InChI=1S/C26H33N3O4S/c1-19-6-8-24(9-7-19)34(32,33)29-13-11-27(12-14-29)25(30)22-5-4-10-28(18-22)26(31)23-16-20(2)15-21(3)17-23/h6-9,15-17,22H,4-5,10-14,18H2,1-3H3. The third-order valence-electron chi connectivity index (χ3n) is 6.74. The van der Waals surface area contributed by atoms with E-state index in [1.54, 1.807) is 34.1 Å². The first-order valence-corrected chi connectivity index (χ1v) is 13.3. The van der Waals surface area contributed by atoms with E-state index in [1.165, 1.54) is 4.31 Å². The normalized spacial score (nSPS) is 19.8. The van der Waals surface area contributed by atoms with Gasteiger partial charge in [-0.3, -0.25) is 9.59 Å². The van der Waals surface area contributed by atoms with E-state index in [-0.39, 0.29) is 35.7 Å². The van der Waals surface area contributed by atoms with Crippen LogP contribution in [-0.4, -0.2) is 73.6 Å². The molecule has 2 aliphatic heterocycles. The molecule has 4 rings (SSSR count). The minimum atomic E-state index is -3.57. The van der Waals surface area contributed by atoms with Gasteiger partial charge >= 0.3 is 0 Å². The van der Waals surface area contributed by atoms with Crippen LogP contribution in [0.2, 0.25) is 0 Å². The summed E-state index contributed by atoms with van der Waals surface area (Å²) in [6.45, 7) is 8.22. The topological polar surface area (TPSA) is 78.0 Å². The summed E-state index contributed by atoms with van der Waals surface area (Å²) in [7, 11) is -3.57. The summed E-state index contributed by atoms with van der Waals surface area (Å²) in [6.07, 6.45) is 1.53. The molecule has 2 saturated heterocycles. The Kier molecular flexibility index (Phi) is 7.09. The largest absolute Gasteiger partial charge is 0.340 e. The number of hydrogen-bond donors (Lipinski definition) is 0. The molecule has 2 aromatic carbocycles. The third kappa shape index (κ3) is 5.18. The Balaban J connectivity index is 1.37. The molecular weight excluding hydrogens is 450 g/mol. The van der Waals surface area contributed by atoms with Crippen molar-refractivity contribution in [3.63, 3.8) is 0 Å². The molecule has 2 aromatic rings.